The summed E-state index contributed by atoms with van der Waals surface area (Å²) >= 11 is 0. The van der Waals surface area contributed by atoms with E-state index in [4.69, 9.17) is 0 Å². The Morgan fingerprint density at radius 2 is 1.62 bits per heavy atom. The number of aryl methyl sites for hydroxylation is 2. The van der Waals surface area contributed by atoms with Gasteiger partial charge in [0.05, 0.1) is 5.56 Å². The highest BCUT2D eigenvalue weighted by Gasteiger charge is 2.38. The quantitative estimate of drug-likeness (QED) is 0.419. The van der Waals surface area contributed by atoms with Gasteiger partial charge in [0.1, 0.15) is 11.3 Å². The molecule has 0 spiro atoms. The van der Waals surface area contributed by atoms with Gasteiger partial charge in [-0.15, -0.1) is 0 Å². The number of hydrogen-bond acceptors (Lipinski definition) is 2. The summed E-state index contributed by atoms with van der Waals surface area (Å²) in [4.78, 5) is 11.9. The summed E-state index contributed by atoms with van der Waals surface area (Å²) in [6.07, 6.45) is 3.44. The number of ketones is 1. The van der Waals surface area contributed by atoms with E-state index < -0.39 is 23.3 Å². The predicted octanol–water partition coefficient (Wildman–Crippen LogP) is 7.86. The molecule has 0 unspecified atom stereocenters. The molecule has 0 aromatic heterocycles. The van der Waals surface area contributed by atoms with E-state index in [-0.39, 0.29) is 24.0 Å². The first-order chi connectivity index (χ1) is 15.2. The lowest BCUT2D eigenvalue weighted by atomic mass is 9.77. The molecule has 1 fully saturated rings. The smallest absolute Gasteiger partial charge is 0.420 e. The molecule has 0 heterocycles. The van der Waals surface area contributed by atoms with Gasteiger partial charge in [-0.3, -0.25) is 4.79 Å². The highest BCUT2D eigenvalue weighted by Crippen LogP contribution is 2.41. The van der Waals surface area contributed by atoms with Gasteiger partial charge < -0.3 is 5.11 Å². The maximum atomic E-state index is 13.6. The number of rotatable bonds is 8. The van der Waals surface area contributed by atoms with E-state index in [1.54, 1.807) is 6.92 Å². The molecule has 3 rings (SSSR count). The van der Waals surface area contributed by atoms with Crippen LogP contribution in [0.5, 0.6) is 5.75 Å². The Bertz CT molecular complexity index is 908. The van der Waals surface area contributed by atoms with Crippen LogP contribution < -0.4 is 0 Å². The predicted molar refractivity (Wildman–Crippen MR) is 121 cm³/mol. The number of benzene rings is 2. The van der Waals surface area contributed by atoms with E-state index in [1.807, 2.05) is 12.1 Å². The second-order valence-electron chi connectivity index (χ2n) is 9.02. The number of carbonyl (C=O) groups is 1. The van der Waals surface area contributed by atoms with Crippen LogP contribution in [0.25, 0.3) is 0 Å². The number of carbonyl (C=O) groups excluding carboxylic acids is 1. The highest BCUT2D eigenvalue weighted by molar-refractivity contribution is 5.99. The second kappa shape index (κ2) is 10.5. The molecule has 2 aromatic rings. The zero-order chi connectivity index (χ0) is 23.3. The number of phenolic OH excluding ortho intramolecular Hbond substituents is 1. The fourth-order valence-electron chi connectivity index (χ4n) is 5.00. The lowest BCUT2D eigenvalue weighted by Crippen LogP contribution is -2.13. The summed E-state index contributed by atoms with van der Waals surface area (Å²) in [6, 6.07) is 10.9. The van der Waals surface area contributed by atoms with Crippen molar-refractivity contribution in [1.29, 1.82) is 0 Å². The van der Waals surface area contributed by atoms with Gasteiger partial charge in [-0.1, -0.05) is 57.0 Å². The Balaban J connectivity index is 1.69. The Morgan fingerprint density at radius 3 is 2.19 bits per heavy atom. The molecule has 5 heteroatoms. The maximum absolute atomic E-state index is 13.6. The van der Waals surface area contributed by atoms with Crippen molar-refractivity contribution in [1.82, 2.24) is 0 Å². The molecule has 1 saturated carbocycles. The molecular weight excluding hydrogens is 413 g/mol. The van der Waals surface area contributed by atoms with Crippen molar-refractivity contribution < 1.29 is 23.1 Å². The van der Waals surface area contributed by atoms with E-state index in [0.717, 1.165) is 11.5 Å². The largest absolute Gasteiger partial charge is 0.507 e. The van der Waals surface area contributed by atoms with Gasteiger partial charge in [0, 0.05) is 6.42 Å². The number of phenols is 1. The Labute approximate surface area is 188 Å². The third kappa shape index (κ3) is 5.73. The minimum atomic E-state index is -4.72. The summed E-state index contributed by atoms with van der Waals surface area (Å²) in [5.41, 5.74) is 0.953. The Kier molecular flexibility index (Phi) is 8.02. The van der Waals surface area contributed by atoms with E-state index >= 15 is 0 Å². The van der Waals surface area contributed by atoms with Gasteiger partial charge in [0.15, 0.2) is 5.78 Å². The average molecular weight is 447 g/mol. The topological polar surface area (TPSA) is 37.3 Å². The molecule has 32 heavy (non-hydrogen) atoms. The van der Waals surface area contributed by atoms with Crippen molar-refractivity contribution in [3.8, 4) is 5.75 Å². The van der Waals surface area contributed by atoms with Crippen molar-refractivity contribution >= 4 is 5.78 Å². The Morgan fingerprint density at radius 1 is 0.969 bits per heavy atom. The van der Waals surface area contributed by atoms with Gasteiger partial charge in [-0.25, -0.2) is 0 Å². The number of hydrogen-bond donors (Lipinski definition) is 1. The fraction of sp³-hybridized carbons (Fsp3) is 0.519. The summed E-state index contributed by atoms with van der Waals surface area (Å²) in [5, 5.41) is 10.2. The van der Waals surface area contributed by atoms with Crippen molar-refractivity contribution in [2.75, 3.05) is 0 Å². The van der Waals surface area contributed by atoms with Gasteiger partial charge in [-0.2, -0.15) is 13.2 Å². The van der Waals surface area contributed by atoms with E-state index in [2.05, 4.69) is 19.1 Å². The van der Waals surface area contributed by atoms with Crippen molar-refractivity contribution in [3.63, 3.8) is 0 Å². The maximum Gasteiger partial charge on any atom is 0.420 e. The lowest BCUT2D eigenvalue weighted by Gasteiger charge is -2.28. The molecule has 0 radical (unpaired) electrons. The average Bonchev–Trinajstić information content (AvgIpc) is 2.77. The van der Waals surface area contributed by atoms with Crippen LogP contribution in [0.4, 0.5) is 13.2 Å². The molecule has 0 aliphatic heterocycles. The molecule has 174 valence electrons. The minimum Gasteiger partial charge on any atom is -0.507 e. The van der Waals surface area contributed by atoms with Gasteiger partial charge in [-0.05, 0) is 73.1 Å². The standard InChI is InChI=1S/C27H33F3O2/c1-3-5-18-6-11-20(12-7-18)21-13-8-19(9-14-21)10-15-22-16-17-23(24(31)4-2)26(32)25(22)27(28,29)30/h8-9,13-14,16-18,20,32H,3-7,10-12,15H2,1-2H3. The summed E-state index contributed by atoms with van der Waals surface area (Å²) in [6.45, 7) is 3.80. The fourth-order valence-corrected chi connectivity index (χ4v) is 5.00. The molecule has 0 amide bonds. The summed E-state index contributed by atoms with van der Waals surface area (Å²) in [7, 11) is 0. The molecule has 0 saturated heterocycles. The van der Waals surface area contributed by atoms with Crippen LogP contribution in [-0.2, 0) is 19.0 Å². The number of alkyl halides is 3. The molecule has 0 atom stereocenters. The van der Waals surface area contributed by atoms with E-state index in [0.29, 0.717) is 12.3 Å². The molecule has 0 bridgehead atoms. The molecule has 1 aliphatic rings. The zero-order valence-corrected chi connectivity index (χ0v) is 19.0. The van der Waals surface area contributed by atoms with Crippen LogP contribution in [0, 0.1) is 5.92 Å². The lowest BCUT2D eigenvalue weighted by molar-refractivity contribution is -0.139. The SMILES string of the molecule is CCCC1CCC(c2ccc(CCc3ccc(C(=O)CC)c(O)c3C(F)(F)F)cc2)CC1. The molecule has 1 N–H and O–H groups in total. The van der Waals surface area contributed by atoms with Crippen LogP contribution in [0.1, 0.15) is 97.3 Å². The first-order valence-corrected chi connectivity index (χ1v) is 11.8. The van der Waals surface area contributed by atoms with E-state index in [9.17, 15) is 23.1 Å². The first kappa shape index (κ1) is 24.3. The van der Waals surface area contributed by atoms with E-state index in [1.165, 1.54) is 56.2 Å². The van der Waals surface area contributed by atoms with Crippen LogP contribution in [0.15, 0.2) is 36.4 Å². The summed E-state index contributed by atoms with van der Waals surface area (Å²) in [5.74, 6) is -0.0156. The van der Waals surface area contributed by atoms with Crippen molar-refractivity contribution in [2.45, 2.75) is 83.7 Å². The second-order valence-corrected chi connectivity index (χ2v) is 9.02. The van der Waals surface area contributed by atoms with Crippen LogP contribution in [0.3, 0.4) is 0 Å². The third-order valence-electron chi connectivity index (χ3n) is 6.85. The highest BCUT2D eigenvalue weighted by atomic mass is 19.4. The van der Waals surface area contributed by atoms with Crippen LogP contribution >= 0.6 is 0 Å². The summed E-state index contributed by atoms with van der Waals surface area (Å²) < 4.78 is 40.9. The molecular formula is C27H33F3O2. The number of aromatic hydroxyl groups is 1. The van der Waals surface area contributed by atoms with Crippen LogP contribution in [0.2, 0.25) is 0 Å². The molecule has 2 aromatic carbocycles. The first-order valence-electron chi connectivity index (χ1n) is 11.8. The van der Waals surface area contributed by atoms with Gasteiger partial charge in [0.25, 0.3) is 0 Å². The zero-order valence-electron chi connectivity index (χ0n) is 19.0. The van der Waals surface area contributed by atoms with Gasteiger partial charge >= 0.3 is 6.18 Å². The normalized spacial score (nSPS) is 19.2. The van der Waals surface area contributed by atoms with Crippen molar-refractivity contribution in [2.24, 2.45) is 5.92 Å². The molecule has 2 nitrogen and oxygen atoms in total. The number of halogens is 3. The monoisotopic (exact) mass is 446 g/mol. The van der Waals surface area contributed by atoms with Crippen molar-refractivity contribution in [3.05, 3.63) is 64.2 Å². The number of Topliss-reactive ketones (excluding diaryl/α,β-unsaturated/α-hetero) is 1. The third-order valence-corrected chi connectivity index (χ3v) is 6.85. The van der Waals surface area contributed by atoms with Crippen LogP contribution in [-0.4, -0.2) is 10.9 Å². The Hall–Kier alpha value is -2.30. The molecule has 1 aliphatic carbocycles. The minimum absolute atomic E-state index is 0.0148. The van der Waals surface area contributed by atoms with Gasteiger partial charge in [0.2, 0.25) is 0 Å².